The molecular formula is C22H25FN4O2S. The Hall–Kier alpha value is -2.58. The fourth-order valence-corrected chi connectivity index (χ4v) is 5.01. The third-order valence-corrected chi connectivity index (χ3v) is 7.11. The van der Waals surface area contributed by atoms with Crippen molar-refractivity contribution in [3.8, 4) is 0 Å². The van der Waals surface area contributed by atoms with Crippen molar-refractivity contribution in [1.29, 1.82) is 0 Å². The van der Waals surface area contributed by atoms with Crippen LogP contribution in [0.25, 0.3) is 10.2 Å². The molecule has 0 radical (unpaired) electrons. The lowest BCUT2D eigenvalue weighted by atomic mass is 10.1. The van der Waals surface area contributed by atoms with Gasteiger partial charge in [-0.15, -0.1) is 11.3 Å². The molecule has 0 saturated carbocycles. The third-order valence-electron chi connectivity index (χ3n) is 6.01. The van der Waals surface area contributed by atoms with Crippen LogP contribution in [0.4, 0.5) is 10.1 Å². The number of benzene rings is 1. The van der Waals surface area contributed by atoms with Crippen LogP contribution in [0, 0.1) is 19.7 Å². The molecule has 30 heavy (non-hydrogen) atoms. The molecule has 1 aromatic carbocycles. The van der Waals surface area contributed by atoms with Gasteiger partial charge in [-0.3, -0.25) is 14.5 Å². The highest BCUT2D eigenvalue weighted by atomic mass is 32.1. The Bertz CT molecular complexity index is 1180. The number of H-pyrrole nitrogens is 1. The van der Waals surface area contributed by atoms with E-state index in [1.54, 1.807) is 23.5 Å². The maximum absolute atomic E-state index is 14.5. The normalized spacial score (nSPS) is 16.2. The van der Waals surface area contributed by atoms with Crippen LogP contribution >= 0.6 is 11.3 Å². The number of Topliss-reactive ketones (excluding diaryl/α,β-unsaturated/α-hetero) is 1. The summed E-state index contributed by atoms with van der Waals surface area (Å²) in [5.74, 6) is 0.150. The lowest BCUT2D eigenvalue weighted by molar-refractivity contribution is 0.101. The van der Waals surface area contributed by atoms with Crippen molar-refractivity contribution in [2.45, 2.75) is 33.7 Å². The molecule has 6 nitrogen and oxygen atoms in total. The number of aromatic amines is 1. The van der Waals surface area contributed by atoms with E-state index in [2.05, 4.69) is 9.88 Å². The lowest BCUT2D eigenvalue weighted by Crippen LogP contribution is -2.47. The van der Waals surface area contributed by atoms with E-state index in [0.717, 1.165) is 28.4 Å². The third kappa shape index (κ3) is 3.65. The standard InChI is InChI=1S/C22H25FN4O2S/c1-12-15(4)30-22-19(12)21(29)24-20(25-22)13(2)26-7-9-27(10-8-26)18-6-5-16(14(3)28)11-17(18)23/h5-6,11,13H,7-10H2,1-4H3,(H,24,25,29). The molecule has 0 spiro atoms. The number of hydrogen-bond acceptors (Lipinski definition) is 6. The maximum atomic E-state index is 14.5. The van der Waals surface area contributed by atoms with E-state index in [1.165, 1.54) is 13.0 Å². The van der Waals surface area contributed by atoms with Crippen LogP contribution in [-0.4, -0.2) is 46.8 Å². The molecule has 4 rings (SSSR count). The number of nitrogens with zero attached hydrogens (tertiary/aromatic N) is 3. The van der Waals surface area contributed by atoms with Gasteiger partial charge in [0.05, 0.1) is 17.1 Å². The fourth-order valence-electron chi connectivity index (χ4n) is 3.97. The summed E-state index contributed by atoms with van der Waals surface area (Å²) < 4.78 is 14.5. The Balaban J connectivity index is 1.50. The van der Waals surface area contributed by atoms with Gasteiger partial charge in [0.15, 0.2) is 5.78 Å². The van der Waals surface area contributed by atoms with Crippen LogP contribution in [0.1, 0.15) is 46.5 Å². The molecule has 158 valence electrons. The number of piperazine rings is 1. The number of rotatable bonds is 4. The van der Waals surface area contributed by atoms with Gasteiger partial charge in [0.25, 0.3) is 5.56 Å². The van der Waals surface area contributed by atoms with Gasteiger partial charge in [0.2, 0.25) is 0 Å². The van der Waals surface area contributed by atoms with Gasteiger partial charge >= 0.3 is 0 Å². The number of aryl methyl sites for hydroxylation is 2. The molecule has 0 aliphatic carbocycles. The maximum Gasteiger partial charge on any atom is 0.259 e. The van der Waals surface area contributed by atoms with Gasteiger partial charge in [-0.1, -0.05) is 0 Å². The Morgan fingerprint density at radius 2 is 1.93 bits per heavy atom. The molecule has 8 heteroatoms. The van der Waals surface area contributed by atoms with Gasteiger partial charge in [0.1, 0.15) is 16.5 Å². The lowest BCUT2D eigenvalue weighted by Gasteiger charge is -2.38. The van der Waals surface area contributed by atoms with Crippen LogP contribution in [-0.2, 0) is 0 Å². The summed E-state index contributed by atoms with van der Waals surface area (Å²) in [4.78, 5) is 37.9. The average molecular weight is 429 g/mol. The number of thiophene rings is 1. The zero-order chi connectivity index (χ0) is 21.6. The topological polar surface area (TPSA) is 69.3 Å². The summed E-state index contributed by atoms with van der Waals surface area (Å²) in [6.07, 6.45) is 0. The van der Waals surface area contributed by atoms with Crippen LogP contribution in [0.3, 0.4) is 0 Å². The zero-order valence-corrected chi connectivity index (χ0v) is 18.4. The Morgan fingerprint density at radius 1 is 1.23 bits per heavy atom. The predicted molar refractivity (Wildman–Crippen MR) is 118 cm³/mol. The number of carbonyl (C=O) groups is 1. The van der Waals surface area contributed by atoms with E-state index < -0.39 is 0 Å². The Kier molecular flexibility index (Phi) is 5.46. The van der Waals surface area contributed by atoms with Crippen molar-refractivity contribution in [3.05, 3.63) is 56.2 Å². The summed E-state index contributed by atoms with van der Waals surface area (Å²) in [5, 5.41) is 0.683. The van der Waals surface area contributed by atoms with E-state index in [9.17, 15) is 14.0 Å². The summed E-state index contributed by atoms with van der Waals surface area (Å²) >= 11 is 1.55. The predicted octanol–water partition coefficient (Wildman–Crippen LogP) is 3.83. The van der Waals surface area contributed by atoms with E-state index >= 15 is 0 Å². The van der Waals surface area contributed by atoms with Crippen LogP contribution in [0.2, 0.25) is 0 Å². The largest absolute Gasteiger partial charge is 0.367 e. The summed E-state index contributed by atoms with van der Waals surface area (Å²) in [6.45, 7) is 10.2. The second-order valence-electron chi connectivity index (χ2n) is 7.84. The van der Waals surface area contributed by atoms with Crippen molar-refractivity contribution in [3.63, 3.8) is 0 Å². The van der Waals surface area contributed by atoms with Crippen molar-refractivity contribution in [2.75, 3.05) is 31.1 Å². The highest BCUT2D eigenvalue weighted by molar-refractivity contribution is 7.18. The van der Waals surface area contributed by atoms with Crippen LogP contribution in [0.15, 0.2) is 23.0 Å². The molecule has 0 bridgehead atoms. The van der Waals surface area contributed by atoms with Gasteiger partial charge in [-0.05, 0) is 51.5 Å². The minimum absolute atomic E-state index is 0.0445. The first-order chi connectivity index (χ1) is 14.3. The number of anilines is 1. The van der Waals surface area contributed by atoms with Crippen LogP contribution in [0.5, 0.6) is 0 Å². The summed E-state index contributed by atoms with van der Waals surface area (Å²) in [6, 6.07) is 4.61. The molecule has 1 aliphatic heterocycles. The molecule has 1 N–H and O–H groups in total. The van der Waals surface area contributed by atoms with Crippen molar-refractivity contribution in [1.82, 2.24) is 14.9 Å². The minimum Gasteiger partial charge on any atom is -0.367 e. The summed E-state index contributed by atoms with van der Waals surface area (Å²) in [5.41, 5.74) is 1.81. The minimum atomic E-state index is -0.371. The van der Waals surface area contributed by atoms with Gasteiger partial charge in [0, 0.05) is 36.6 Å². The number of ketones is 1. The number of halogens is 1. The molecule has 1 fully saturated rings. The van der Waals surface area contributed by atoms with Crippen molar-refractivity contribution < 1.29 is 9.18 Å². The van der Waals surface area contributed by atoms with Crippen molar-refractivity contribution >= 4 is 33.0 Å². The molecule has 1 unspecified atom stereocenters. The number of nitrogens with one attached hydrogen (secondary N) is 1. The van der Waals surface area contributed by atoms with E-state index in [1.807, 2.05) is 25.7 Å². The molecule has 1 aliphatic rings. The van der Waals surface area contributed by atoms with Gasteiger partial charge in [-0.2, -0.15) is 0 Å². The Labute approximate surface area is 178 Å². The first kappa shape index (κ1) is 20.7. The number of aromatic nitrogens is 2. The monoisotopic (exact) mass is 428 g/mol. The highest BCUT2D eigenvalue weighted by Gasteiger charge is 2.26. The first-order valence-corrected chi connectivity index (χ1v) is 10.9. The van der Waals surface area contributed by atoms with Crippen molar-refractivity contribution in [2.24, 2.45) is 0 Å². The highest BCUT2D eigenvalue weighted by Crippen LogP contribution is 2.28. The molecule has 0 amide bonds. The smallest absolute Gasteiger partial charge is 0.259 e. The molecule has 1 saturated heterocycles. The SMILES string of the molecule is CC(=O)c1ccc(N2CCN(C(C)c3nc4sc(C)c(C)c4c(=O)[nH]3)CC2)c(F)c1. The average Bonchev–Trinajstić information content (AvgIpc) is 3.01. The Morgan fingerprint density at radius 3 is 2.57 bits per heavy atom. The number of carbonyl (C=O) groups excluding carboxylic acids is 1. The van der Waals surface area contributed by atoms with Crippen LogP contribution < -0.4 is 10.5 Å². The quantitative estimate of drug-likeness (QED) is 0.640. The summed E-state index contributed by atoms with van der Waals surface area (Å²) in [7, 11) is 0. The molecule has 3 heterocycles. The zero-order valence-electron chi connectivity index (χ0n) is 17.6. The van der Waals surface area contributed by atoms with Gasteiger partial charge < -0.3 is 9.88 Å². The van der Waals surface area contributed by atoms with E-state index in [-0.39, 0.29) is 23.2 Å². The van der Waals surface area contributed by atoms with E-state index in [4.69, 9.17) is 4.98 Å². The molecule has 1 atom stereocenters. The first-order valence-electron chi connectivity index (χ1n) is 10.1. The second kappa shape index (κ2) is 7.92. The fraction of sp³-hybridized carbons (Fsp3) is 0.409. The van der Waals surface area contributed by atoms with Gasteiger partial charge in [-0.25, -0.2) is 9.37 Å². The molecule has 3 aromatic rings. The van der Waals surface area contributed by atoms with E-state index in [0.29, 0.717) is 35.6 Å². The second-order valence-corrected chi connectivity index (χ2v) is 9.04. The molecular weight excluding hydrogens is 403 g/mol. The molecule has 2 aromatic heterocycles. The number of hydrogen-bond donors (Lipinski definition) is 1. The number of fused-ring (bicyclic) bond motifs is 1.